The van der Waals surface area contributed by atoms with Crippen molar-refractivity contribution in [2.24, 2.45) is 16.7 Å². The number of ether oxygens (including phenoxy) is 1. The molecule has 0 unspecified atom stereocenters. The molecule has 2 aliphatic carbocycles. The summed E-state index contributed by atoms with van der Waals surface area (Å²) in [5.74, 6) is 0.712. The van der Waals surface area contributed by atoms with Crippen LogP contribution in [0.25, 0.3) is 0 Å². The van der Waals surface area contributed by atoms with Gasteiger partial charge in [-0.15, -0.1) is 0 Å². The summed E-state index contributed by atoms with van der Waals surface area (Å²) >= 11 is 0. The molecule has 4 atom stereocenters. The number of halogens is 3. The zero-order valence-electron chi connectivity index (χ0n) is 18.8. The Labute approximate surface area is 183 Å². The molecule has 1 saturated heterocycles. The fourth-order valence-electron chi connectivity index (χ4n) is 6.03. The maximum absolute atomic E-state index is 13.0. The Morgan fingerprint density at radius 3 is 2.45 bits per heavy atom. The quantitative estimate of drug-likeness (QED) is 0.711. The standard InChI is InChI=1S/C24H35F3N2O2/c1-22(2)17-7-8-23(22,3)21(14-17)31-16-20(30)15-28-9-11-29(12-10-28)19-6-4-5-18(13-19)24(25,26)27/h4-6,13,17,20-21,30H,7-12,14-16H2,1-3H3/t17-,20-,21-,23-/m0/s1. The molecule has 1 N–H and O–H groups in total. The number of alkyl halides is 3. The smallest absolute Gasteiger partial charge is 0.389 e. The topological polar surface area (TPSA) is 35.9 Å². The van der Waals surface area contributed by atoms with Crippen molar-refractivity contribution in [2.75, 3.05) is 44.2 Å². The SMILES string of the molecule is CC1(C)[C@H]2CC[C@@]1(C)[C@@H](OC[C@@H](O)CN1CCN(c3cccc(C(F)(F)F)c3)CC1)C2. The average Bonchev–Trinajstić information content (AvgIpc) is 3.06. The molecule has 3 aliphatic rings. The van der Waals surface area contributed by atoms with Crippen LogP contribution in [0.2, 0.25) is 0 Å². The van der Waals surface area contributed by atoms with Gasteiger partial charge in [0.25, 0.3) is 0 Å². The number of β-amino-alcohol motifs (C(OH)–C–C–N with tert-alkyl or cyclic N) is 1. The number of rotatable bonds is 6. The third kappa shape index (κ3) is 4.33. The summed E-state index contributed by atoms with van der Waals surface area (Å²) in [7, 11) is 0. The summed E-state index contributed by atoms with van der Waals surface area (Å²) in [5, 5.41) is 10.5. The number of aliphatic hydroxyl groups is 1. The Bertz CT molecular complexity index is 776. The molecule has 0 aromatic heterocycles. The van der Waals surface area contributed by atoms with Gasteiger partial charge in [-0.2, -0.15) is 13.2 Å². The van der Waals surface area contributed by atoms with Gasteiger partial charge in [-0.25, -0.2) is 0 Å². The van der Waals surface area contributed by atoms with E-state index in [4.69, 9.17) is 4.74 Å². The third-order valence-corrected chi connectivity index (χ3v) is 8.58. The van der Waals surface area contributed by atoms with Gasteiger partial charge in [-0.3, -0.25) is 4.90 Å². The lowest BCUT2D eigenvalue weighted by Crippen LogP contribution is -2.49. The van der Waals surface area contributed by atoms with Crippen LogP contribution in [0.3, 0.4) is 0 Å². The molecule has 1 heterocycles. The number of aliphatic hydroxyl groups excluding tert-OH is 1. The van der Waals surface area contributed by atoms with Crippen LogP contribution in [0.5, 0.6) is 0 Å². The lowest BCUT2D eigenvalue weighted by atomic mass is 9.70. The predicted octanol–water partition coefficient (Wildman–Crippen LogP) is 4.42. The van der Waals surface area contributed by atoms with E-state index in [1.807, 2.05) is 4.90 Å². The molecule has 2 bridgehead atoms. The van der Waals surface area contributed by atoms with Gasteiger partial charge in [0.1, 0.15) is 0 Å². The Kier molecular flexibility index (Phi) is 6.07. The maximum atomic E-state index is 13.0. The molecule has 4 nitrogen and oxygen atoms in total. The van der Waals surface area contributed by atoms with E-state index in [9.17, 15) is 18.3 Å². The number of anilines is 1. The first-order chi connectivity index (χ1) is 14.5. The van der Waals surface area contributed by atoms with Gasteiger partial charge in [-0.05, 0) is 54.2 Å². The first-order valence-corrected chi connectivity index (χ1v) is 11.4. The van der Waals surface area contributed by atoms with Crippen molar-refractivity contribution in [3.8, 4) is 0 Å². The van der Waals surface area contributed by atoms with Crippen LogP contribution in [-0.4, -0.2) is 61.5 Å². The van der Waals surface area contributed by atoms with Crippen LogP contribution in [0, 0.1) is 16.7 Å². The van der Waals surface area contributed by atoms with Crippen LogP contribution >= 0.6 is 0 Å². The molecule has 0 amide bonds. The normalized spacial score (nSPS) is 31.9. The van der Waals surface area contributed by atoms with Crippen molar-refractivity contribution in [2.45, 2.75) is 58.4 Å². The molecular formula is C24H35F3N2O2. The lowest BCUT2D eigenvalue weighted by Gasteiger charge is -2.40. The van der Waals surface area contributed by atoms with Gasteiger partial charge < -0.3 is 14.7 Å². The van der Waals surface area contributed by atoms with Crippen LogP contribution in [0.15, 0.2) is 24.3 Å². The Hall–Kier alpha value is -1.31. The van der Waals surface area contributed by atoms with Crippen LogP contribution in [0.4, 0.5) is 18.9 Å². The Morgan fingerprint density at radius 2 is 1.87 bits per heavy atom. The van der Waals surface area contributed by atoms with E-state index in [2.05, 4.69) is 25.7 Å². The minimum absolute atomic E-state index is 0.188. The van der Waals surface area contributed by atoms with E-state index in [0.29, 0.717) is 56.4 Å². The van der Waals surface area contributed by atoms with Gasteiger partial charge in [0.05, 0.1) is 24.4 Å². The summed E-state index contributed by atoms with van der Waals surface area (Å²) in [6.07, 6.45) is -1.09. The van der Waals surface area contributed by atoms with Crippen LogP contribution in [0.1, 0.15) is 45.6 Å². The molecule has 3 fully saturated rings. The van der Waals surface area contributed by atoms with Gasteiger partial charge in [0, 0.05) is 38.4 Å². The second-order valence-corrected chi connectivity index (χ2v) is 10.4. The highest BCUT2D eigenvalue weighted by molar-refractivity contribution is 5.49. The fourth-order valence-corrected chi connectivity index (χ4v) is 6.03. The van der Waals surface area contributed by atoms with E-state index in [0.717, 1.165) is 12.5 Å². The van der Waals surface area contributed by atoms with Crippen molar-refractivity contribution < 1.29 is 23.0 Å². The molecule has 1 aliphatic heterocycles. The largest absolute Gasteiger partial charge is 0.416 e. The van der Waals surface area contributed by atoms with Crippen molar-refractivity contribution in [1.29, 1.82) is 0 Å². The summed E-state index contributed by atoms with van der Waals surface area (Å²) in [5.41, 5.74) is 0.471. The van der Waals surface area contributed by atoms with Gasteiger partial charge >= 0.3 is 6.18 Å². The Morgan fingerprint density at radius 1 is 1.16 bits per heavy atom. The number of benzene rings is 1. The Balaban J connectivity index is 1.23. The van der Waals surface area contributed by atoms with Crippen molar-refractivity contribution in [3.05, 3.63) is 29.8 Å². The van der Waals surface area contributed by atoms with E-state index >= 15 is 0 Å². The minimum Gasteiger partial charge on any atom is -0.389 e. The molecule has 31 heavy (non-hydrogen) atoms. The zero-order valence-corrected chi connectivity index (χ0v) is 18.8. The second-order valence-electron chi connectivity index (χ2n) is 10.4. The highest BCUT2D eigenvalue weighted by atomic mass is 19.4. The van der Waals surface area contributed by atoms with Crippen LogP contribution < -0.4 is 4.90 Å². The summed E-state index contributed by atoms with van der Waals surface area (Å²) in [6.45, 7) is 10.6. The predicted molar refractivity (Wildman–Crippen MR) is 115 cm³/mol. The molecule has 1 aromatic carbocycles. The number of hydrogen-bond acceptors (Lipinski definition) is 4. The minimum atomic E-state index is -4.33. The van der Waals surface area contributed by atoms with Gasteiger partial charge in [-0.1, -0.05) is 26.8 Å². The molecule has 0 radical (unpaired) electrons. The van der Waals surface area contributed by atoms with Crippen molar-refractivity contribution >= 4 is 5.69 Å². The molecule has 1 aromatic rings. The molecule has 2 saturated carbocycles. The van der Waals surface area contributed by atoms with Crippen molar-refractivity contribution in [3.63, 3.8) is 0 Å². The number of nitrogens with zero attached hydrogens (tertiary/aromatic N) is 2. The summed E-state index contributed by atoms with van der Waals surface area (Å²) < 4.78 is 45.1. The van der Waals surface area contributed by atoms with Crippen LogP contribution in [-0.2, 0) is 10.9 Å². The summed E-state index contributed by atoms with van der Waals surface area (Å²) in [6, 6.07) is 5.51. The highest BCUT2D eigenvalue weighted by Gasteiger charge is 2.61. The van der Waals surface area contributed by atoms with Gasteiger partial charge in [0.15, 0.2) is 0 Å². The van der Waals surface area contributed by atoms with Gasteiger partial charge in [0.2, 0.25) is 0 Å². The van der Waals surface area contributed by atoms with E-state index in [-0.39, 0.29) is 11.5 Å². The lowest BCUT2D eigenvalue weighted by molar-refractivity contribution is -0.137. The highest BCUT2D eigenvalue weighted by Crippen LogP contribution is 2.66. The van der Waals surface area contributed by atoms with E-state index in [1.54, 1.807) is 6.07 Å². The second kappa shape index (κ2) is 8.23. The van der Waals surface area contributed by atoms with E-state index < -0.39 is 17.8 Å². The molecule has 174 valence electrons. The van der Waals surface area contributed by atoms with E-state index in [1.165, 1.54) is 25.0 Å². The number of fused-ring (bicyclic) bond motifs is 2. The molecule has 4 rings (SSSR count). The molecule has 0 spiro atoms. The average molecular weight is 441 g/mol. The third-order valence-electron chi connectivity index (χ3n) is 8.58. The maximum Gasteiger partial charge on any atom is 0.416 e. The monoisotopic (exact) mass is 440 g/mol. The number of hydrogen-bond donors (Lipinski definition) is 1. The molecular weight excluding hydrogens is 405 g/mol. The fraction of sp³-hybridized carbons (Fsp3) is 0.750. The number of piperazine rings is 1. The molecule has 7 heteroatoms. The summed E-state index contributed by atoms with van der Waals surface area (Å²) in [4.78, 5) is 4.15. The first-order valence-electron chi connectivity index (χ1n) is 11.4. The zero-order chi connectivity index (χ0) is 22.4. The first kappa shape index (κ1) is 22.9. The van der Waals surface area contributed by atoms with Crippen molar-refractivity contribution in [1.82, 2.24) is 4.90 Å².